The number of aromatic nitrogens is 4. The Balaban J connectivity index is 1.44. The highest BCUT2D eigenvalue weighted by Crippen LogP contribution is 2.29. The second-order valence-electron chi connectivity index (χ2n) is 7.59. The zero-order valence-electron chi connectivity index (χ0n) is 16.2. The Morgan fingerprint density at radius 2 is 2.15 bits per heavy atom. The largest absolute Gasteiger partial charge is 0.364 e. The molecule has 0 saturated heterocycles. The monoisotopic (exact) mass is 368 g/mol. The molecule has 1 saturated carbocycles. The summed E-state index contributed by atoms with van der Waals surface area (Å²) in [5.74, 6) is 2.24. The van der Waals surface area contributed by atoms with Gasteiger partial charge < -0.3 is 10.2 Å². The Labute approximate surface area is 160 Å². The molecule has 27 heavy (non-hydrogen) atoms. The van der Waals surface area contributed by atoms with Crippen molar-refractivity contribution in [3.63, 3.8) is 0 Å². The smallest absolute Gasteiger partial charge is 0.226 e. The molecule has 0 spiro atoms. The van der Waals surface area contributed by atoms with Crippen molar-refractivity contribution >= 4 is 11.7 Å². The van der Waals surface area contributed by atoms with Crippen molar-refractivity contribution in [2.45, 2.75) is 65.6 Å². The Hall–Kier alpha value is -2.44. The molecule has 0 bridgehead atoms. The lowest BCUT2D eigenvalue weighted by atomic mass is 9.84. The van der Waals surface area contributed by atoms with Crippen LogP contribution >= 0.6 is 0 Å². The summed E-state index contributed by atoms with van der Waals surface area (Å²) < 4.78 is 2.07. The number of carbonyl (C=O) groups is 1. The van der Waals surface area contributed by atoms with E-state index in [1.807, 2.05) is 18.0 Å². The lowest BCUT2D eigenvalue weighted by Crippen LogP contribution is -2.38. The first-order valence-corrected chi connectivity index (χ1v) is 10.0. The quantitative estimate of drug-likeness (QED) is 0.878. The predicted octanol–water partition coefficient (Wildman–Crippen LogP) is 2.69. The van der Waals surface area contributed by atoms with Gasteiger partial charge in [-0.1, -0.05) is 13.3 Å². The number of hydrogen-bond acceptors (Lipinski definition) is 5. The fourth-order valence-corrected chi connectivity index (χ4v) is 3.79. The van der Waals surface area contributed by atoms with Gasteiger partial charge in [-0.25, -0.2) is 9.97 Å². The molecular formula is C20H28N6O. The molecule has 7 nitrogen and oxygen atoms in total. The van der Waals surface area contributed by atoms with Crippen LogP contribution in [0.4, 0.5) is 5.82 Å². The fraction of sp³-hybridized carbons (Fsp3) is 0.600. The van der Waals surface area contributed by atoms with Gasteiger partial charge in [0.1, 0.15) is 11.6 Å². The van der Waals surface area contributed by atoms with Crippen LogP contribution < -0.4 is 5.32 Å². The molecule has 7 heteroatoms. The Bertz CT molecular complexity index is 826. The third-order valence-corrected chi connectivity index (χ3v) is 5.63. The number of nitrogens with zero attached hydrogens (tertiary/aromatic N) is 5. The minimum atomic E-state index is 0.258. The minimum absolute atomic E-state index is 0.258. The van der Waals surface area contributed by atoms with Gasteiger partial charge >= 0.3 is 0 Å². The molecule has 1 N–H and O–H groups in total. The summed E-state index contributed by atoms with van der Waals surface area (Å²) in [6.45, 7) is 7.01. The van der Waals surface area contributed by atoms with E-state index in [0.717, 1.165) is 67.4 Å². The summed E-state index contributed by atoms with van der Waals surface area (Å²) in [5.41, 5.74) is 3.23. The van der Waals surface area contributed by atoms with Gasteiger partial charge in [0.15, 0.2) is 0 Å². The van der Waals surface area contributed by atoms with Crippen LogP contribution in [-0.4, -0.2) is 37.1 Å². The van der Waals surface area contributed by atoms with Crippen LogP contribution in [0.2, 0.25) is 0 Å². The van der Waals surface area contributed by atoms with E-state index in [0.29, 0.717) is 19.0 Å². The molecule has 2 aromatic heterocycles. The maximum atomic E-state index is 12.6. The average molecular weight is 368 g/mol. The summed E-state index contributed by atoms with van der Waals surface area (Å²) >= 11 is 0. The molecular weight excluding hydrogens is 340 g/mol. The zero-order chi connectivity index (χ0) is 18.8. The average Bonchev–Trinajstić information content (AvgIpc) is 2.88. The van der Waals surface area contributed by atoms with Gasteiger partial charge in [-0.2, -0.15) is 5.10 Å². The lowest BCUT2D eigenvalue weighted by molar-refractivity contribution is -0.138. The second kappa shape index (κ2) is 7.66. The van der Waals surface area contributed by atoms with E-state index in [9.17, 15) is 4.79 Å². The molecule has 2 aromatic rings. The van der Waals surface area contributed by atoms with E-state index >= 15 is 0 Å². The van der Waals surface area contributed by atoms with Crippen LogP contribution in [0.5, 0.6) is 0 Å². The maximum Gasteiger partial charge on any atom is 0.226 e. The molecule has 3 heterocycles. The van der Waals surface area contributed by atoms with E-state index in [1.54, 1.807) is 0 Å². The number of carbonyl (C=O) groups excluding carboxylic acids is 1. The number of nitrogens with one attached hydrogen (secondary N) is 1. The molecule has 1 amide bonds. The normalized spacial score (nSPS) is 17.2. The van der Waals surface area contributed by atoms with Gasteiger partial charge in [0, 0.05) is 30.8 Å². The zero-order valence-corrected chi connectivity index (χ0v) is 16.2. The van der Waals surface area contributed by atoms with Gasteiger partial charge in [0.2, 0.25) is 5.91 Å². The van der Waals surface area contributed by atoms with Gasteiger partial charge in [-0.3, -0.25) is 9.48 Å². The number of anilines is 1. The number of rotatable bonds is 5. The van der Waals surface area contributed by atoms with E-state index < -0.39 is 0 Å². The van der Waals surface area contributed by atoms with Gasteiger partial charge in [0.05, 0.1) is 24.5 Å². The highest BCUT2D eigenvalue weighted by Gasteiger charge is 2.30. The number of amides is 1. The minimum Gasteiger partial charge on any atom is -0.364 e. The lowest BCUT2D eigenvalue weighted by Gasteiger charge is -2.30. The first-order valence-electron chi connectivity index (χ1n) is 10.0. The van der Waals surface area contributed by atoms with Crippen molar-refractivity contribution in [1.82, 2.24) is 24.6 Å². The van der Waals surface area contributed by atoms with Gasteiger partial charge in [0.25, 0.3) is 0 Å². The number of hydrogen-bond donors (Lipinski definition) is 1. The molecule has 0 unspecified atom stereocenters. The Kier molecular flexibility index (Phi) is 5.09. The van der Waals surface area contributed by atoms with Crippen molar-refractivity contribution < 1.29 is 4.79 Å². The molecule has 1 aliphatic heterocycles. The SMILES string of the molecule is CCc1cnc(C)nc1NCc1cc2n(n1)CCCN(C(=O)C1CCC1)C2. The highest BCUT2D eigenvalue weighted by atomic mass is 16.2. The number of fused-ring (bicyclic) bond motifs is 1. The molecule has 1 aliphatic carbocycles. The van der Waals surface area contributed by atoms with Crippen molar-refractivity contribution in [2.75, 3.05) is 11.9 Å². The van der Waals surface area contributed by atoms with Crippen LogP contribution in [0.25, 0.3) is 0 Å². The van der Waals surface area contributed by atoms with Crippen LogP contribution in [0.15, 0.2) is 12.3 Å². The predicted molar refractivity (Wildman–Crippen MR) is 103 cm³/mol. The Morgan fingerprint density at radius 1 is 1.30 bits per heavy atom. The van der Waals surface area contributed by atoms with E-state index in [4.69, 9.17) is 5.10 Å². The molecule has 2 aliphatic rings. The second-order valence-corrected chi connectivity index (χ2v) is 7.59. The van der Waals surface area contributed by atoms with E-state index in [-0.39, 0.29) is 5.92 Å². The molecule has 0 radical (unpaired) electrons. The molecule has 1 fully saturated rings. The fourth-order valence-electron chi connectivity index (χ4n) is 3.79. The third-order valence-electron chi connectivity index (χ3n) is 5.63. The van der Waals surface area contributed by atoms with Crippen LogP contribution in [0.1, 0.15) is 55.4 Å². The third kappa shape index (κ3) is 3.82. The van der Waals surface area contributed by atoms with Crippen LogP contribution in [-0.2, 0) is 30.8 Å². The maximum absolute atomic E-state index is 12.6. The summed E-state index contributed by atoms with van der Waals surface area (Å²) in [7, 11) is 0. The summed E-state index contributed by atoms with van der Waals surface area (Å²) in [6, 6.07) is 2.12. The Morgan fingerprint density at radius 3 is 2.89 bits per heavy atom. The molecule has 0 aromatic carbocycles. The summed E-state index contributed by atoms with van der Waals surface area (Å²) in [6.07, 6.45) is 7.05. The molecule has 0 atom stereocenters. The summed E-state index contributed by atoms with van der Waals surface area (Å²) in [4.78, 5) is 23.5. The van der Waals surface area contributed by atoms with Crippen molar-refractivity contribution in [1.29, 1.82) is 0 Å². The topological polar surface area (TPSA) is 75.9 Å². The first-order chi connectivity index (χ1) is 13.1. The first kappa shape index (κ1) is 17.9. The number of aryl methyl sites for hydroxylation is 3. The standard InChI is InChI=1S/C20H28N6O/c1-3-15-11-21-14(2)23-19(15)22-12-17-10-18-13-25(8-5-9-26(18)24-17)20(27)16-6-4-7-16/h10-11,16H,3-9,12-13H2,1-2H3,(H,21,22,23). The van der Waals surface area contributed by atoms with Crippen LogP contribution in [0, 0.1) is 12.8 Å². The van der Waals surface area contributed by atoms with Gasteiger partial charge in [-0.05, 0) is 38.7 Å². The van der Waals surface area contributed by atoms with Crippen molar-refractivity contribution in [3.05, 3.63) is 35.0 Å². The van der Waals surface area contributed by atoms with E-state index in [1.165, 1.54) is 6.42 Å². The van der Waals surface area contributed by atoms with Crippen molar-refractivity contribution in [2.24, 2.45) is 5.92 Å². The molecule has 4 rings (SSSR count). The highest BCUT2D eigenvalue weighted by molar-refractivity contribution is 5.79. The van der Waals surface area contributed by atoms with Crippen molar-refractivity contribution in [3.8, 4) is 0 Å². The van der Waals surface area contributed by atoms with Gasteiger partial charge in [-0.15, -0.1) is 0 Å². The van der Waals surface area contributed by atoms with Crippen LogP contribution in [0.3, 0.4) is 0 Å². The summed E-state index contributed by atoms with van der Waals surface area (Å²) in [5, 5.41) is 8.16. The molecule has 144 valence electrons. The van der Waals surface area contributed by atoms with E-state index in [2.05, 4.69) is 33.0 Å².